The van der Waals surface area contributed by atoms with Gasteiger partial charge in [-0.25, -0.2) is 8.78 Å². The van der Waals surface area contributed by atoms with Crippen molar-refractivity contribution in [3.63, 3.8) is 0 Å². The van der Waals surface area contributed by atoms with Crippen LogP contribution in [0.1, 0.15) is 36.4 Å². The maximum absolute atomic E-state index is 13.7. The van der Waals surface area contributed by atoms with Crippen LogP contribution < -0.4 is 11.3 Å². The summed E-state index contributed by atoms with van der Waals surface area (Å²) in [5.41, 5.74) is 3.27. The van der Waals surface area contributed by atoms with E-state index in [4.69, 9.17) is 5.84 Å². The Hall–Kier alpha value is -1.00. The quantitative estimate of drug-likeness (QED) is 0.614. The van der Waals surface area contributed by atoms with Gasteiger partial charge in [0.15, 0.2) is 11.6 Å². The van der Waals surface area contributed by atoms with Gasteiger partial charge in [-0.05, 0) is 31.2 Å². The molecule has 0 radical (unpaired) electrons. The van der Waals surface area contributed by atoms with Crippen LogP contribution in [0, 0.1) is 24.5 Å². The number of benzene rings is 1. The maximum atomic E-state index is 13.7. The molecule has 1 atom stereocenters. The molecule has 1 aliphatic carbocycles. The molecule has 4 heteroatoms. The van der Waals surface area contributed by atoms with E-state index >= 15 is 0 Å². The summed E-state index contributed by atoms with van der Waals surface area (Å²) in [7, 11) is 0. The zero-order valence-corrected chi connectivity index (χ0v) is 9.26. The van der Waals surface area contributed by atoms with Gasteiger partial charge in [-0.3, -0.25) is 11.3 Å². The van der Waals surface area contributed by atoms with Gasteiger partial charge in [-0.15, -0.1) is 0 Å². The number of rotatable bonds is 3. The molecule has 1 aromatic rings. The van der Waals surface area contributed by atoms with Crippen molar-refractivity contribution < 1.29 is 8.78 Å². The first-order valence-corrected chi connectivity index (χ1v) is 5.55. The van der Waals surface area contributed by atoms with Crippen molar-refractivity contribution in [2.45, 2.75) is 32.2 Å². The molecular formula is C12H16F2N2. The first-order valence-electron chi connectivity index (χ1n) is 5.55. The van der Waals surface area contributed by atoms with E-state index in [0.717, 1.165) is 19.3 Å². The predicted molar refractivity (Wildman–Crippen MR) is 58.5 cm³/mol. The Balaban J connectivity index is 2.34. The fourth-order valence-electron chi connectivity index (χ4n) is 2.15. The van der Waals surface area contributed by atoms with Crippen LogP contribution in [-0.4, -0.2) is 0 Å². The number of aryl methyl sites for hydroxylation is 1. The van der Waals surface area contributed by atoms with Crippen LogP contribution in [0.2, 0.25) is 0 Å². The number of hydrazine groups is 1. The van der Waals surface area contributed by atoms with Gasteiger partial charge in [0.1, 0.15) is 0 Å². The lowest BCUT2D eigenvalue weighted by Crippen LogP contribution is -2.37. The maximum Gasteiger partial charge on any atom is 0.163 e. The van der Waals surface area contributed by atoms with Crippen LogP contribution in [0.25, 0.3) is 0 Å². The Morgan fingerprint density at radius 3 is 2.50 bits per heavy atom. The summed E-state index contributed by atoms with van der Waals surface area (Å²) in [4.78, 5) is 0. The van der Waals surface area contributed by atoms with Crippen molar-refractivity contribution in [1.82, 2.24) is 5.43 Å². The SMILES string of the molecule is Cc1ccc(C(NN)C2CCC2)c(F)c1F. The minimum Gasteiger partial charge on any atom is -0.271 e. The molecule has 1 saturated carbocycles. The van der Waals surface area contributed by atoms with Crippen molar-refractivity contribution in [3.05, 3.63) is 34.9 Å². The molecule has 0 amide bonds. The average Bonchev–Trinajstić information content (AvgIpc) is 2.21. The summed E-state index contributed by atoms with van der Waals surface area (Å²) in [6, 6.07) is 2.94. The zero-order valence-electron chi connectivity index (χ0n) is 9.26. The molecule has 88 valence electrons. The average molecular weight is 226 g/mol. The highest BCUT2D eigenvalue weighted by molar-refractivity contribution is 5.28. The van der Waals surface area contributed by atoms with E-state index in [1.807, 2.05) is 0 Å². The Morgan fingerprint density at radius 1 is 1.31 bits per heavy atom. The lowest BCUT2D eigenvalue weighted by atomic mass is 9.77. The van der Waals surface area contributed by atoms with E-state index in [2.05, 4.69) is 5.43 Å². The normalized spacial score (nSPS) is 18.2. The van der Waals surface area contributed by atoms with Crippen molar-refractivity contribution in [1.29, 1.82) is 0 Å². The molecule has 1 aromatic carbocycles. The zero-order chi connectivity index (χ0) is 11.7. The molecule has 16 heavy (non-hydrogen) atoms. The van der Waals surface area contributed by atoms with Crippen LogP contribution in [0.3, 0.4) is 0 Å². The molecule has 3 N–H and O–H groups in total. The summed E-state index contributed by atoms with van der Waals surface area (Å²) < 4.78 is 27.2. The summed E-state index contributed by atoms with van der Waals surface area (Å²) in [5.74, 6) is 4.22. The fraction of sp³-hybridized carbons (Fsp3) is 0.500. The first kappa shape index (κ1) is 11.5. The smallest absolute Gasteiger partial charge is 0.163 e. The van der Waals surface area contributed by atoms with Crippen LogP contribution >= 0.6 is 0 Å². The molecule has 1 unspecified atom stereocenters. The van der Waals surface area contributed by atoms with Crippen LogP contribution in [-0.2, 0) is 0 Å². The largest absolute Gasteiger partial charge is 0.271 e. The van der Waals surface area contributed by atoms with Gasteiger partial charge in [0.05, 0.1) is 6.04 Å². The van der Waals surface area contributed by atoms with Gasteiger partial charge >= 0.3 is 0 Å². The number of hydrogen-bond acceptors (Lipinski definition) is 2. The second kappa shape index (κ2) is 4.47. The van der Waals surface area contributed by atoms with E-state index in [1.165, 1.54) is 0 Å². The van der Waals surface area contributed by atoms with Gasteiger partial charge in [0, 0.05) is 5.56 Å². The first-order chi connectivity index (χ1) is 7.65. The number of hydrogen-bond donors (Lipinski definition) is 2. The monoisotopic (exact) mass is 226 g/mol. The third kappa shape index (κ3) is 1.83. The third-order valence-electron chi connectivity index (χ3n) is 3.44. The van der Waals surface area contributed by atoms with Gasteiger partial charge in [-0.1, -0.05) is 18.6 Å². The Bertz CT molecular complexity index is 389. The highest BCUT2D eigenvalue weighted by Gasteiger charge is 2.30. The van der Waals surface area contributed by atoms with E-state index in [9.17, 15) is 8.78 Å². The highest BCUT2D eigenvalue weighted by atomic mass is 19.2. The molecule has 0 saturated heterocycles. The predicted octanol–water partition coefficient (Wildman–Crippen LogP) is 2.58. The molecule has 0 aromatic heterocycles. The second-order valence-electron chi connectivity index (χ2n) is 4.43. The van der Waals surface area contributed by atoms with Gasteiger partial charge in [-0.2, -0.15) is 0 Å². The van der Waals surface area contributed by atoms with E-state index in [0.29, 0.717) is 17.0 Å². The summed E-state index contributed by atoms with van der Waals surface area (Å²) in [6.07, 6.45) is 3.17. The summed E-state index contributed by atoms with van der Waals surface area (Å²) >= 11 is 0. The summed E-state index contributed by atoms with van der Waals surface area (Å²) in [5, 5.41) is 0. The Morgan fingerprint density at radius 2 is 2.00 bits per heavy atom. The molecule has 0 bridgehead atoms. The lowest BCUT2D eigenvalue weighted by Gasteiger charge is -2.33. The minimum absolute atomic E-state index is 0.274. The van der Waals surface area contributed by atoms with Crippen LogP contribution in [0.5, 0.6) is 0 Å². The third-order valence-corrected chi connectivity index (χ3v) is 3.44. The fourth-order valence-corrected chi connectivity index (χ4v) is 2.15. The molecule has 0 aliphatic heterocycles. The van der Waals surface area contributed by atoms with Crippen molar-refractivity contribution in [2.24, 2.45) is 11.8 Å². The minimum atomic E-state index is -0.769. The molecular weight excluding hydrogens is 210 g/mol. The number of halogens is 2. The van der Waals surface area contributed by atoms with Crippen molar-refractivity contribution >= 4 is 0 Å². The molecule has 0 heterocycles. The van der Waals surface area contributed by atoms with E-state index in [-0.39, 0.29) is 6.04 Å². The highest BCUT2D eigenvalue weighted by Crippen LogP contribution is 2.38. The second-order valence-corrected chi connectivity index (χ2v) is 4.43. The number of nitrogens with two attached hydrogens (primary N) is 1. The number of nitrogens with one attached hydrogen (secondary N) is 1. The molecule has 2 nitrogen and oxygen atoms in total. The standard InChI is InChI=1S/C12H16F2N2/c1-7-5-6-9(11(14)10(7)13)12(16-15)8-3-2-4-8/h5-6,8,12,16H,2-4,15H2,1H3. The van der Waals surface area contributed by atoms with Crippen molar-refractivity contribution in [2.75, 3.05) is 0 Å². The molecule has 0 spiro atoms. The molecule has 2 rings (SSSR count). The molecule has 1 fully saturated rings. The van der Waals surface area contributed by atoms with Crippen molar-refractivity contribution in [3.8, 4) is 0 Å². The topological polar surface area (TPSA) is 38.0 Å². The van der Waals surface area contributed by atoms with Gasteiger partial charge in [0.25, 0.3) is 0 Å². The summed E-state index contributed by atoms with van der Waals surface area (Å²) in [6.45, 7) is 1.55. The Kier molecular flexibility index (Phi) is 3.21. The van der Waals surface area contributed by atoms with E-state index < -0.39 is 11.6 Å². The lowest BCUT2D eigenvalue weighted by molar-refractivity contribution is 0.227. The molecule has 1 aliphatic rings. The van der Waals surface area contributed by atoms with Crippen LogP contribution in [0.15, 0.2) is 12.1 Å². The Labute approximate surface area is 93.8 Å². The van der Waals surface area contributed by atoms with Gasteiger partial charge in [0.2, 0.25) is 0 Å². The van der Waals surface area contributed by atoms with E-state index in [1.54, 1.807) is 19.1 Å². The van der Waals surface area contributed by atoms with Crippen LogP contribution in [0.4, 0.5) is 8.78 Å². The van der Waals surface area contributed by atoms with Gasteiger partial charge < -0.3 is 0 Å².